The molecule has 0 fully saturated rings. The summed E-state index contributed by atoms with van der Waals surface area (Å²) in [6.07, 6.45) is 3.66. The van der Waals surface area contributed by atoms with Crippen LogP contribution in [0.4, 0.5) is 4.39 Å². The minimum absolute atomic E-state index is 0.115. The van der Waals surface area contributed by atoms with Crippen LogP contribution in [-0.2, 0) is 24.5 Å². The summed E-state index contributed by atoms with van der Waals surface area (Å²) in [4.78, 5) is 40.1. The fourth-order valence-electron chi connectivity index (χ4n) is 3.75. The van der Waals surface area contributed by atoms with E-state index in [4.69, 9.17) is 10.6 Å². The lowest BCUT2D eigenvalue weighted by molar-refractivity contribution is 0.131. The van der Waals surface area contributed by atoms with Gasteiger partial charge in [-0.15, -0.1) is 0 Å². The Balaban J connectivity index is 1.94. The van der Waals surface area contributed by atoms with Gasteiger partial charge in [0.05, 0.1) is 26.3 Å². The summed E-state index contributed by atoms with van der Waals surface area (Å²) in [6.45, 7) is 2.78. The number of aromatic nitrogens is 5. The maximum absolute atomic E-state index is 13.5. The van der Waals surface area contributed by atoms with Gasteiger partial charge in [0, 0.05) is 18.9 Å². The van der Waals surface area contributed by atoms with E-state index >= 15 is 0 Å². The van der Waals surface area contributed by atoms with Crippen molar-refractivity contribution < 1.29 is 14.0 Å². The van der Waals surface area contributed by atoms with Crippen LogP contribution in [0.3, 0.4) is 0 Å². The van der Waals surface area contributed by atoms with Crippen molar-refractivity contribution in [1.29, 1.82) is 0 Å². The Morgan fingerprint density at radius 1 is 1.03 bits per heavy atom. The molecule has 0 atom stereocenters. The Labute approximate surface area is 194 Å². The third-order valence-corrected chi connectivity index (χ3v) is 5.31. The molecule has 11 heteroatoms. The first-order valence-corrected chi connectivity index (χ1v) is 10.8. The first-order chi connectivity index (χ1) is 16.5. The molecule has 0 saturated heterocycles. The van der Waals surface area contributed by atoms with Crippen LogP contribution in [0, 0.1) is 5.82 Å². The van der Waals surface area contributed by atoms with Crippen molar-refractivity contribution in [2.45, 2.75) is 33.0 Å². The summed E-state index contributed by atoms with van der Waals surface area (Å²) in [6, 6.07) is 9.74. The van der Waals surface area contributed by atoms with E-state index < -0.39 is 11.2 Å². The summed E-state index contributed by atoms with van der Waals surface area (Å²) in [7, 11) is 0. The van der Waals surface area contributed by atoms with Crippen molar-refractivity contribution in [3.8, 4) is 6.01 Å². The molecular formula is C23H25FN6O4. The highest BCUT2D eigenvalue weighted by Gasteiger charge is 2.23. The lowest BCUT2D eigenvalue weighted by Gasteiger charge is -2.13. The summed E-state index contributed by atoms with van der Waals surface area (Å²) in [5.41, 5.74) is 0.926. The van der Waals surface area contributed by atoms with E-state index in [2.05, 4.69) is 14.8 Å². The minimum Gasteiger partial charge on any atom is -0.465 e. The summed E-state index contributed by atoms with van der Waals surface area (Å²) in [5.74, 6) is 4.75. The Morgan fingerprint density at radius 3 is 2.47 bits per heavy atom. The smallest absolute Gasteiger partial charge is 0.333 e. The van der Waals surface area contributed by atoms with Gasteiger partial charge in [0.2, 0.25) is 0 Å². The lowest BCUT2D eigenvalue weighted by Crippen LogP contribution is -2.41. The molecule has 0 aliphatic heterocycles. The third-order valence-electron chi connectivity index (χ3n) is 5.31. The zero-order chi connectivity index (χ0) is 24.1. The van der Waals surface area contributed by atoms with Gasteiger partial charge >= 0.3 is 5.69 Å². The van der Waals surface area contributed by atoms with Crippen molar-refractivity contribution in [3.05, 3.63) is 86.6 Å². The number of fused-ring (bicyclic) bond motifs is 1. The van der Waals surface area contributed by atoms with E-state index in [0.29, 0.717) is 13.0 Å². The summed E-state index contributed by atoms with van der Waals surface area (Å²) in [5, 5.41) is 0. The maximum Gasteiger partial charge on any atom is 0.333 e. The number of hydrogen-bond acceptors (Lipinski definition) is 7. The van der Waals surface area contributed by atoms with Gasteiger partial charge in [0.1, 0.15) is 5.82 Å². The van der Waals surface area contributed by atoms with Crippen LogP contribution in [0.25, 0.3) is 11.2 Å². The number of nitrogens with two attached hydrogens (primary N) is 1. The highest BCUT2D eigenvalue weighted by Crippen LogP contribution is 2.21. The average Bonchev–Trinajstić information content (AvgIpc) is 3.19. The quantitative estimate of drug-likeness (QED) is 0.278. The number of ether oxygens (including phenoxy) is 1. The maximum atomic E-state index is 13.5. The molecule has 0 aliphatic carbocycles. The van der Waals surface area contributed by atoms with Crippen molar-refractivity contribution in [2.75, 3.05) is 13.2 Å². The lowest BCUT2D eigenvalue weighted by atomic mass is 10.2. The van der Waals surface area contributed by atoms with E-state index in [-0.39, 0.29) is 49.2 Å². The first-order valence-electron chi connectivity index (χ1n) is 10.8. The Morgan fingerprint density at radius 2 is 1.79 bits per heavy atom. The molecule has 178 valence electrons. The van der Waals surface area contributed by atoms with Crippen LogP contribution < -0.4 is 21.9 Å². The number of halogens is 1. The third kappa shape index (κ3) is 4.75. The van der Waals surface area contributed by atoms with Crippen molar-refractivity contribution in [3.63, 3.8) is 0 Å². The zero-order valence-electron chi connectivity index (χ0n) is 18.7. The first kappa shape index (κ1) is 23.3. The van der Waals surface area contributed by atoms with Gasteiger partial charge < -0.3 is 9.57 Å². The molecular weight excluding hydrogens is 443 g/mol. The summed E-state index contributed by atoms with van der Waals surface area (Å²) >= 11 is 0. The molecule has 34 heavy (non-hydrogen) atoms. The molecule has 2 N–H and O–H groups in total. The second-order valence-corrected chi connectivity index (χ2v) is 7.62. The van der Waals surface area contributed by atoms with Crippen molar-refractivity contribution >= 4 is 11.2 Å². The number of pyridine rings is 1. The number of rotatable bonds is 10. The van der Waals surface area contributed by atoms with Crippen molar-refractivity contribution in [2.24, 2.45) is 5.90 Å². The van der Waals surface area contributed by atoms with Gasteiger partial charge in [0.15, 0.2) is 11.2 Å². The second kappa shape index (κ2) is 10.4. The highest BCUT2D eigenvalue weighted by molar-refractivity contribution is 5.72. The molecule has 1 aromatic carbocycles. The van der Waals surface area contributed by atoms with Gasteiger partial charge in [-0.1, -0.05) is 18.2 Å². The van der Waals surface area contributed by atoms with Gasteiger partial charge in [-0.2, -0.15) is 4.98 Å². The molecule has 0 saturated carbocycles. The minimum atomic E-state index is -0.507. The Kier molecular flexibility index (Phi) is 7.14. The molecule has 0 unspecified atom stereocenters. The van der Waals surface area contributed by atoms with Crippen LogP contribution in [0.5, 0.6) is 6.01 Å². The standard InChI is InChI=1S/C23H25FN6O4/c1-2-33-22-27-20-19(29(22)14-16-6-8-18(24)9-7-16)21(31)28(11-4-12-34-25)23(32)30(20)15-17-5-3-10-26-13-17/h3,5-10,13H,2,4,11-12,14-15,25H2,1H3. The SMILES string of the molecule is CCOc1nc2c(c(=O)n(CCCON)c(=O)n2Cc2cccnc2)n1Cc1ccc(F)cc1. The predicted molar refractivity (Wildman–Crippen MR) is 123 cm³/mol. The van der Waals surface area contributed by atoms with Gasteiger partial charge in [-0.3, -0.25) is 23.5 Å². The second-order valence-electron chi connectivity index (χ2n) is 7.62. The monoisotopic (exact) mass is 468 g/mol. The Hall–Kier alpha value is -3.83. The topological polar surface area (TPSA) is 119 Å². The number of hydrogen-bond donors (Lipinski definition) is 1. The molecule has 0 amide bonds. The normalized spacial score (nSPS) is 11.3. The molecule has 0 bridgehead atoms. The highest BCUT2D eigenvalue weighted by atomic mass is 19.1. The Bertz CT molecular complexity index is 1380. The van der Waals surface area contributed by atoms with E-state index in [0.717, 1.165) is 15.7 Å². The fourth-order valence-corrected chi connectivity index (χ4v) is 3.75. The van der Waals surface area contributed by atoms with Crippen LogP contribution >= 0.6 is 0 Å². The molecule has 0 radical (unpaired) electrons. The largest absolute Gasteiger partial charge is 0.465 e. The number of benzene rings is 1. The van der Waals surface area contributed by atoms with Gasteiger partial charge in [-0.05, 0) is 42.7 Å². The van der Waals surface area contributed by atoms with Crippen LogP contribution in [0.1, 0.15) is 24.5 Å². The van der Waals surface area contributed by atoms with E-state index in [1.165, 1.54) is 16.7 Å². The predicted octanol–water partition coefficient (Wildman–Crippen LogP) is 1.67. The van der Waals surface area contributed by atoms with Crippen LogP contribution in [-0.4, -0.2) is 36.9 Å². The molecule has 0 spiro atoms. The number of imidazole rings is 1. The molecule has 10 nitrogen and oxygen atoms in total. The van der Waals surface area contributed by atoms with E-state index in [1.54, 1.807) is 42.1 Å². The van der Waals surface area contributed by atoms with Crippen LogP contribution in [0.2, 0.25) is 0 Å². The molecule has 0 aliphatic rings. The molecule has 3 aromatic heterocycles. The fraction of sp³-hybridized carbons (Fsp3) is 0.304. The van der Waals surface area contributed by atoms with Crippen LogP contribution in [0.15, 0.2) is 58.4 Å². The van der Waals surface area contributed by atoms with Crippen molar-refractivity contribution in [1.82, 2.24) is 23.7 Å². The molecule has 4 rings (SSSR count). The zero-order valence-corrected chi connectivity index (χ0v) is 18.7. The van der Waals surface area contributed by atoms with E-state index in [9.17, 15) is 14.0 Å². The van der Waals surface area contributed by atoms with E-state index in [1.807, 2.05) is 6.07 Å². The van der Waals surface area contributed by atoms with Gasteiger partial charge in [0.25, 0.3) is 11.6 Å². The molecule has 4 aromatic rings. The summed E-state index contributed by atoms with van der Waals surface area (Å²) < 4.78 is 23.3. The van der Waals surface area contributed by atoms with Gasteiger partial charge in [-0.25, -0.2) is 15.1 Å². The average molecular weight is 468 g/mol. The number of nitrogens with zero attached hydrogens (tertiary/aromatic N) is 5. The molecule has 3 heterocycles.